The molecule has 5 heteroatoms. The van der Waals surface area contributed by atoms with Gasteiger partial charge in [-0.1, -0.05) is 15.9 Å². The van der Waals surface area contributed by atoms with E-state index in [1.54, 1.807) is 0 Å². The average Bonchev–Trinajstić information content (AvgIpc) is 2.48. The Bertz CT molecular complexity index is 439. The van der Waals surface area contributed by atoms with Gasteiger partial charge in [-0.25, -0.2) is 0 Å². The number of anilines is 1. The number of amides is 1. The Balaban J connectivity index is 1.95. The number of carbonyl (C=O) groups is 1. The first kappa shape index (κ1) is 15.3. The highest BCUT2D eigenvalue weighted by molar-refractivity contribution is 9.09. The molecule has 2 rings (SSSR count). The van der Waals surface area contributed by atoms with Crippen molar-refractivity contribution in [1.82, 2.24) is 9.80 Å². The standard InChI is InChI=1S/C15H22BrN3O/c1-17(2)14-5-3-13(4-6-14)15(20)19-11-9-18(8-7-16)10-12-19/h3-6H,7-12H2,1-2H3. The fourth-order valence-corrected chi connectivity index (χ4v) is 2.88. The fourth-order valence-electron chi connectivity index (χ4n) is 2.38. The van der Waals surface area contributed by atoms with Crippen LogP contribution in [-0.2, 0) is 0 Å². The van der Waals surface area contributed by atoms with E-state index in [1.807, 2.05) is 48.2 Å². The van der Waals surface area contributed by atoms with E-state index < -0.39 is 0 Å². The maximum atomic E-state index is 12.4. The Kier molecular flexibility index (Phi) is 5.43. The minimum atomic E-state index is 0.147. The lowest BCUT2D eigenvalue weighted by Crippen LogP contribution is -2.49. The molecule has 0 N–H and O–H groups in total. The quantitative estimate of drug-likeness (QED) is 0.784. The van der Waals surface area contributed by atoms with E-state index in [0.717, 1.165) is 49.3 Å². The van der Waals surface area contributed by atoms with Gasteiger partial charge < -0.3 is 9.80 Å². The molecule has 1 fully saturated rings. The van der Waals surface area contributed by atoms with E-state index in [0.29, 0.717) is 0 Å². The predicted octanol–water partition coefficient (Wildman–Crippen LogP) is 1.91. The third-order valence-electron chi connectivity index (χ3n) is 3.69. The second-order valence-corrected chi connectivity index (χ2v) is 6.06. The summed E-state index contributed by atoms with van der Waals surface area (Å²) in [6.07, 6.45) is 0. The summed E-state index contributed by atoms with van der Waals surface area (Å²) in [6.45, 7) is 4.63. The summed E-state index contributed by atoms with van der Waals surface area (Å²) in [7, 11) is 4.00. The number of alkyl halides is 1. The summed E-state index contributed by atoms with van der Waals surface area (Å²) < 4.78 is 0. The molecule has 1 aromatic carbocycles. The molecule has 0 unspecified atom stereocenters. The molecule has 1 amide bonds. The van der Waals surface area contributed by atoms with Gasteiger partial charge in [-0.05, 0) is 24.3 Å². The third-order valence-corrected chi connectivity index (χ3v) is 4.05. The molecule has 0 atom stereocenters. The molecule has 0 radical (unpaired) electrons. The van der Waals surface area contributed by atoms with Crippen LogP contribution in [0, 0.1) is 0 Å². The first-order chi connectivity index (χ1) is 9.61. The van der Waals surface area contributed by atoms with Gasteiger partial charge in [0.1, 0.15) is 0 Å². The Morgan fingerprint density at radius 3 is 2.25 bits per heavy atom. The number of rotatable bonds is 4. The van der Waals surface area contributed by atoms with Crippen molar-refractivity contribution in [2.24, 2.45) is 0 Å². The molecule has 1 aromatic rings. The van der Waals surface area contributed by atoms with Gasteiger partial charge >= 0.3 is 0 Å². The summed E-state index contributed by atoms with van der Waals surface area (Å²) in [6, 6.07) is 7.83. The smallest absolute Gasteiger partial charge is 0.253 e. The Morgan fingerprint density at radius 1 is 1.15 bits per heavy atom. The number of carbonyl (C=O) groups excluding carboxylic acids is 1. The Labute approximate surface area is 129 Å². The number of halogens is 1. The molecule has 4 nitrogen and oxygen atoms in total. The van der Waals surface area contributed by atoms with Crippen molar-refractivity contribution in [3.05, 3.63) is 29.8 Å². The van der Waals surface area contributed by atoms with E-state index in [9.17, 15) is 4.79 Å². The first-order valence-corrected chi connectivity index (χ1v) is 8.09. The number of hydrogen-bond acceptors (Lipinski definition) is 3. The number of benzene rings is 1. The molecule has 0 bridgehead atoms. The lowest BCUT2D eigenvalue weighted by atomic mass is 10.1. The van der Waals surface area contributed by atoms with E-state index in [-0.39, 0.29) is 5.91 Å². The van der Waals surface area contributed by atoms with Gasteiger partial charge in [0.15, 0.2) is 0 Å². The largest absolute Gasteiger partial charge is 0.378 e. The molecule has 20 heavy (non-hydrogen) atoms. The Morgan fingerprint density at radius 2 is 1.75 bits per heavy atom. The van der Waals surface area contributed by atoms with Crippen LogP contribution in [0.4, 0.5) is 5.69 Å². The average molecular weight is 340 g/mol. The lowest BCUT2D eigenvalue weighted by molar-refractivity contribution is 0.0645. The molecule has 0 spiro atoms. The SMILES string of the molecule is CN(C)c1ccc(C(=O)N2CCN(CCBr)CC2)cc1. The Hall–Kier alpha value is -1.07. The van der Waals surface area contributed by atoms with Crippen LogP contribution in [0.3, 0.4) is 0 Å². The van der Waals surface area contributed by atoms with Gasteiger partial charge in [0, 0.05) is 63.4 Å². The summed E-state index contributed by atoms with van der Waals surface area (Å²) in [5.74, 6) is 0.147. The second kappa shape index (κ2) is 7.09. The molecular formula is C15H22BrN3O. The van der Waals surface area contributed by atoms with Crippen LogP contribution in [0.15, 0.2) is 24.3 Å². The zero-order valence-corrected chi connectivity index (χ0v) is 13.8. The number of nitrogens with zero attached hydrogens (tertiary/aromatic N) is 3. The summed E-state index contributed by atoms with van der Waals surface area (Å²) in [4.78, 5) is 18.8. The van der Waals surface area contributed by atoms with Gasteiger partial charge in [-0.15, -0.1) is 0 Å². The van der Waals surface area contributed by atoms with Gasteiger partial charge in [-0.2, -0.15) is 0 Å². The third kappa shape index (κ3) is 3.73. The van der Waals surface area contributed by atoms with Crippen LogP contribution in [0.2, 0.25) is 0 Å². The second-order valence-electron chi connectivity index (χ2n) is 5.26. The van der Waals surface area contributed by atoms with Crippen LogP contribution >= 0.6 is 15.9 Å². The van der Waals surface area contributed by atoms with Crippen molar-refractivity contribution in [2.75, 3.05) is 57.0 Å². The monoisotopic (exact) mass is 339 g/mol. The van der Waals surface area contributed by atoms with E-state index >= 15 is 0 Å². The molecule has 1 aliphatic heterocycles. The molecule has 110 valence electrons. The zero-order valence-electron chi connectivity index (χ0n) is 12.2. The van der Waals surface area contributed by atoms with Gasteiger partial charge in [-0.3, -0.25) is 9.69 Å². The minimum Gasteiger partial charge on any atom is -0.378 e. The maximum Gasteiger partial charge on any atom is 0.253 e. The van der Waals surface area contributed by atoms with Gasteiger partial charge in [0.25, 0.3) is 5.91 Å². The van der Waals surface area contributed by atoms with E-state index in [1.165, 1.54) is 0 Å². The van der Waals surface area contributed by atoms with Crippen LogP contribution in [-0.4, -0.2) is 67.9 Å². The van der Waals surface area contributed by atoms with Crippen LogP contribution in [0.1, 0.15) is 10.4 Å². The zero-order chi connectivity index (χ0) is 14.5. The first-order valence-electron chi connectivity index (χ1n) is 6.97. The minimum absolute atomic E-state index is 0.147. The molecular weight excluding hydrogens is 318 g/mol. The summed E-state index contributed by atoms with van der Waals surface area (Å²) in [5.41, 5.74) is 1.90. The van der Waals surface area contributed by atoms with Crippen molar-refractivity contribution in [3.63, 3.8) is 0 Å². The van der Waals surface area contributed by atoms with Crippen LogP contribution in [0.5, 0.6) is 0 Å². The highest BCUT2D eigenvalue weighted by Gasteiger charge is 2.21. The van der Waals surface area contributed by atoms with Crippen LogP contribution < -0.4 is 4.90 Å². The van der Waals surface area contributed by atoms with Crippen LogP contribution in [0.25, 0.3) is 0 Å². The van der Waals surface area contributed by atoms with E-state index in [2.05, 4.69) is 20.8 Å². The molecule has 1 aliphatic rings. The number of piperazine rings is 1. The van der Waals surface area contributed by atoms with Gasteiger partial charge in [0.05, 0.1) is 0 Å². The maximum absolute atomic E-state index is 12.4. The normalized spacial score (nSPS) is 16.2. The molecule has 0 aromatic heterocycles. The van der Waals surface area contributed by atoms with Crippen molar-refractivity contribution >= 4 is 27.5 Å². The molecule has 1 saturated heterocycles. The van der Waals surface area contributed by atoms with Crippen molar-refractivity contribution < 1.29 is 4.79 Å². The van der Waals surface area contributed by atoms with Crippen molar-refractivity contribution in [1.29, 1.82) is 0 Å². The molecule has 1 heterocycles. The number of hydrogen-bond donors (Lipinski definition) is 0. The topological polar surface area (TPSA) is 26.8 Å². The highest BCUT2D eigenvalue weighted by Crippen LogP contribution is 2.14. The lowest BCUT2D eigenvalue weighted by Gasteiger charge is -2.34. The van der Waals surface area contributed by atoms with Crippen molar-refractivity contribution in [3.8, 4) is 0 Å². The predicted molar refractivity (Wildman–Crippen MR) is 86.9 cm³/mol. The molecule has 0 saturated carbocycles. The summed E-state index contributed by atoms with van der Waals surface area (Å²) in [5, 5.41) is 0.993. The highest BCUT2D eigenvalue weighted by atomic mass is 79.9. The van der Waals surface area contributed by atoms with E-state index in [4.69, 9.17) is 0 Å². The van der Waals surface area contributed by atoms with Crippen molar-refractivity contribution in [2.45, 2.75) is 0 Å². The molecule has 0 aliphatic carbocycles. The fraction of sp³-hybridized carbons (Fsp3) is 0.533. The van der Waals surface area contributed by atoms with Gasteiger partial charge in [0.2, 0.25) is 0 Å². The summed E-state index contributed by atoms with van der Waals surface area (Å²) >= 11 is 3.46.